The summed E-state index contributed by atoms with van der Waals surface area (Å²) in [5.41, 5.74) is 0.116. The van der Waals surface area contributed by atoms with Gasteiger partial charge in [-0.05, 0) is 37.8 Å². The number of ether oxygens (including phenoxy) is 2. The van der Waals surface area contributed by atoms with E-state index in [-0.39, 0.29) is 34.7 Å². The van der Waals surface area contributed by atoms with Crippen molar-refractivity contribution in [2.24, 2.45) is 5.41 Å². The van der Waals surface area contributed by atoms with Gasteiger partial charge in [0.15, 0.2) is 18.1 Å². The van der Waals surface area contributed by atoms with Crippen molar-refractivity contribution >= 4 is 23.6 Å². The predicted molar refractivity (Wildman–Crippen MR) is 108 cm³/mol. The molecule has 1 N–H and O–H groups in total. The molecule has 1 unspecified atom stereocenters. The van der Waals surface area contributed by atoms with Crippen molar-refractivity contribution in [3.63, 3.8) is 0 Å². The highest BCUT2D eigenvalue weighted by Crippen LogP contribution is 2.51. The van der Waals surface area contributed by atoms with Gasteiger partial charge in [-0.2, -0.15) is 0 Å². The highest BCUT2D eigenvalue weighted by molar-refractivity contribution is 6.30. The second-order valence-corrected chi connectivity index (χ2v) is 8.29. The van der Waals surface area contributed by atoms with Gasteiger partial charge in [0, 0.05) is 37.7 Å². The molecule has 2 aliphatic rings. The molecule has 0 bridgehead atoms. The van der Waals surface area contributed by atoms with Gasteiger partial charge < -0.3 is 24.2 Å². The number of benzene rings is 1. The van der Waals surface area contributed by atoms with Crippen LogP contribution in [0.25, 0.3) is 0 Å². The quantitative estimate of drug-likeness (QED) is 0.743. The first-order chi connectivity index (χ1) is 14.9. The zero-order chi connectivity index (χ0) is 22.0. The Labute approximate surface area is 183 Å². The van der Waals surface area contributed by atoms with E-state index in [1.54, 1.807) is 11.0 Å². The van der Waals surface area contributed by atoms with Crippen LogP contribution in [0.2, 0.25) is 5.02 Å². The predicted octanol–water partition coefficient (Wildman–Crippen LogP) is 3.79. The van der Waals surface area contributed by atoms with Crippen LogP contribution >= 0.6 is 11.6 Å². The Hall–Kier alpha value is -2.81. The van der Waals surface area contributed by atoms with E-state index in [0.29, 0.717) is 24.6 Å². The van der Waals surface area contributed by atoms with Crippen molar-refractivity contribution in [1.82, 2.24) is 15.4 Å². The molecule has 2 aromatic rings. The lowest BCUT2D eigenvalue weighted by atomic mass is 9.60. The Morgan fingerprint density at radius 2 is 2.10 bits per heavy atom. The first-order valence-electron chi connectivity index (χ1n) is 10.1. The number of piperidine rings is 1. The number of aromatic nitrogens is 1. The molecule has 1 aromatic heterocycles. The number of carbonyl (C=O) groups excluding carboxylic acids is 2. The standard InChI is InChI=1S/C21H23ClFN3O5/c1-24-19(27)17-11-14(31-25-17)12-29-20(28)26-8-6-21(7-9-26)5-4-18(21)30-13-2-3-15(22)16(23)10-13/h2-3,10-11,18H,4-9,12H2,1H3,(H,24,27). The molecule has 10 heteroatoms. The summed E-state index contributed by atoms with van der Waals surface area (Å²) in [6.07, 6.45) is 3.02. The highest BCUT2D eigenvalue weighted by Gasteiger charge is 2.50. The third kappa shape index (κ3) is 4.46. The van der Waals surface area contributed by atoms with Gasteiger partial charge in [0.2, 0.25) is 0 Å². The normalized spacial score (nSPS) is 19.6. The van der Waals surface area contributed by atoms with Crippen molar-refractivity contribution in [2.45, 2.75) is 38.4 Å². The van der Waals surface area contributed by atoms with E-state index in [0.717, 1.165) is 25.7 Å². The lowest BCUT2D eigenvalue weighted by Gasteiger charge is -2.52. The molecule has 1 spiro atoms. The van der Waals surface area contributed by atoms with Crippen LogP contribution in [0.4, 0.5) is 9.18 Å². The molecule has 2 amide bonds. The first-order valence-corrected chi connectivity index (χ1v) is 10.5. The number of carbonyl (C=O) groups is 2. The molecule has 1 aromatic carbocycles. The molecule has 166 valence electrons. The number of hydrogen-bond donors (Lipinski definition) is 1. The van der Waals surface area contributed by atoms with E-state index in [9.17, 15) is 14.0 Å². The second kappa shape index (κ2) is 8.74. The van der Waals surface area contributed by atoms with Crippen LogP contribution in [0.15, 0.2) is 28.8 Å². The molecule has 2 heterocycles. The third-order valence-electron chi connectivity index (χ3n) is 6.13. The van der Waals surface area contributed by atoms with Gasteiger partial charge in [-0.25, -0.2) is 9.18 Å². The number of amides is 2. The van der Waals surface area contributed by atoms with Gasteiger partial charge in [-0.1, -0.05) is 16.8 Å². The number of rotatable bonds is 5. The highest BCUT2D eigenvalue weighted by atomic mass is 35.5. The maximum atomic E-state index is 13.7. The lowest BCUT2D eigenvalue weighted by Crippen LogP contribution is -2.55. The zero-order valence-electron chi connectivity index (χ0n) is 17.0. The van der Waals surface area contributed by atoms with Crippen LogP contribution in [-0.2, 0) is 11.3 Å². The van der Waals surface area contributed by atoms with Crippen molar-refractivity contribution in [2.75, 3.05) is 20.1 Å². The summed E-state index contributed by atoms with van der Waals surface area (Å²) >= 11 is 5.73. The van der Waals surface area contributed by atoms with Crippen molar-refractivity contribution in [3.8, 4) is 5.75 Å². The van der Waals surface area contributed by atoms with Crippen LogP contribution in [0.3, 0.4) is 0 Å². The summed E-state index contributed by atoms with van der Waals surface area (Å²) in [5.74, 6) is -0.111. The first kappa shape index (κ1) is 21.4. The average Bonchev–Trinajstić information content (AvgIpc) is 3.26. The van der Waals surface area contributed by atoms with E-state index in [1.807, 2.05) is 0 Å². The topological polar surface area (TPSA) is 93.9 Å². The maximum Gasteiger partial charge on any atom is 0.410 e. The molecule has 1 aliphatic heterocycles. The van der Waals surface area contributed by atoms with Crippen LogP contribution in [0.1, 0.15) is 41.9 Å². The number of nitrogens with zero attached hydrogens (tertiary/aromatic N) is 2. The Bertz CT molecular complexity index is 974. The summed E-state index contributed by atoms with van der Waals surface area (Å²) in [6, 6.07) is 5.90. The minimum Gasteiger partial charge on any atom is -0.490 e. The van der Waals surface area contributed by atoms with Crippen molar-refractivity contribution < 1.29 is 28.0 Å². The molecule has 1 atom stereocenters. The van der Waals surface area contributed by atoms with Crippen LogP contribution in [-0.4, -0.2) is 48.3 Å². The Morgan fingerprint density at radius 1 is 1.32 bits per heavy atom. The van der Waals surface area contributed by atoms with Gasteiger partial charge in [-0.3, -0.25) is 4.79 Å². The van der Waals surface area contributed by atoms with Crippen LogP contribution in [0.5, 0.6) is 5.75 Å². The fourth-order valence-electron chi connectivity index (χ4n) is 4.12. The molecule has 4 rings (SSSR count). The molecule has 1 saturated heterocycles. The van der Waals surface area contributed by atoms with Crippen LogP contribution < -0.4 is 10.1 Å². The van der Waals surface area contributed by atoms with Gasteiger partial charge in [0.05, 0.1) is 5.02 Å². The summed E-state index contributed by atoms with van der Waals surface area (Å²) < 4.78 is 30.0. The summed E-state index contributed by atoms with van der Waals surface area (Å²) in [7, 11) is 1.49. The average molecular weight is 452 g/mol. The van der Waals surface area contributed by atoms with E-state index < -0.39 is 11.9 Å². The zero-order valence-corrected chi connectivity index (χ0v) is 17.8. The number of likely N-dealkylation sites (tertiary alicyclic amines) is 1. The minimum absolute atomic E-state index is 0.0106. The van der Waals surface area contributed by atoms with Crippen molar-refractivity contribution in [3.05, 3.63) is 46.6 Å². The summed E-state index contributed by atoms with van der Waals surface area (Å²) in [6.45, 7) is 0.999. The van der Waals surface area contributed by atoms with Gasteiger partial charge in [0.1, 0.15) is 17.7 Å². The summed E-state index contributed by atoms with van der Waals surface area (Å²) in [5, 5.41) is 6.14. The molecular weight excluding hydrogens is 429 g/mol. The molecule has 1 saturated carbocycles. The van der Waals surface area contributed by atoms with Gasteiger partial charge in [-0.15, -0.1) is 0 Å². The largest absolute Gasteiger partial charge is 0.490 e. The van der Waals surface area contributed by atoms with Crippen LogP contribution in [0, 0.1) is 11.2 Å². The Kier molecular flexibility index (Phi) is 6.04. The Balaban J connectivity index is 1.27. The fraction of sp³-hybridized carbons (Fsp3) is 0.476. The lowest BCUT2D eigenvalue weighted by molar-refractivity contribution is -0.0825. The molecule has 31 heavy (non-hydrogen) atoms. The monoisotopic (exact) mass is 451 g/mol. The van der Waals surface area contributed by atoms with E-state index in [1.165, 1.54) is 25.2 Å². The summed E-state index contributed by atoms with van der Waals surface area (Å²) in [4.78, 5) is 25.6. The molecular formula is C21H23ClFN3O5. The molecule has 1 aliphatic carbocycles. The number of nitrogens with one attached hydrogen (secondary N) is 1. The number of halogens is 2. The van der Waals surface area contributed by atoms with Gasteiger partial charge >= 0.3 is 6.09 Å². The van der Waals surface area contributed by atoms with E-state index in [2.05, 4.69) is 10.5 Å². The van der Waals surface area contributed by atoms with E-state index >= 15 is 0 Å². The Morgan fingerprint density at radius 3 is 2.74 bits per heavy atom. The molecule has 8 nitrogen and oxygen atoms in total. The minimum atomic E-state index is -0.501. The van der Waals surface area contributed by atoms with Crippen molar-refractivity contribution in [1.29, 1.82) is 0 Å². The smallest absolute Gasteiger partial charge is 0.410 e. The van der Waals surface area contributed by atoms with Gasteiger partial charge in [0.25, 0.3) is 5.91 Å². The molecule has 0 radical (unpaired) electrons. The van der Waals surface area contributed by atoms with E-state index in [4.69, 9.17) is 25.6 Å². The fourth-order valence-corrected chi connectivity index (χ4v) is 4.23. The third-order valence-corrected chi connectivity index (χ3v) is 6.44. The molecule has 2 fully saturated rings. The maximum absolute atomic E-state index is 13.7. The second-order valence-electron chi connectivity index (χ2n) is 7.88. The SMILES string of the molecule is CNC(=O)c1cc(COC(=O)N2CCC3(CCC3Oc3ccc(Cl)c(F)c3)CC2)on1. The number of hydrogen-bond acceptors (Lipinski definition) is 6.